The van der Waals surface area contributed by atoms with Crippen LogP contribution in [0.3, 0.4) is 0 Å². The van der Waals surface area contributed by atoms with Crippen molar-refractivity contribution in [1.82, 2.24) is 0 Å². The van der Waals surface area contributed by atoms with Crippen LogP contribution in [0.5, 0.6) is 0 Å². The minimum absolute atomic E-state index is 0.233. The summed E-state index contributed by atoms with van der Waals surface area (Å²) in [6.45, 7) is 0.796. The molecule has 0 radical (unpaired) electrons. The third-order valence-corrected chi connectivity index (χ3v) is 5.44. The molecule has 1 heterocycles. The molecule has 0 N–H and O–H groups in total. The van der Waals surface area contributed by atoms with Crippen molar-refractivity contribution in [3.05, 3.63) is 108 Å². The number of ether oxygens (including phenoxy) is 5. The van der Waals surface area contributed by atoms with Crippen LogP contribution in [0.1, 0.15) is 38.0 Å². The fourth-order valence-corrected chi connectivity index (χ4v) is 3.70. The van der Waals surface area contributed by atoms with Crippen LogP contribution in [0.4, 0.5) is 0 Å². The number of esters is 4. The van der Waals surface area contributed by atoms with E-state index >= 15 is 0 Å². The minimum Gasteiger partial charge on any atom is -0.459 e. The lowest BCUT2D eigenvalue weighted by molar-refractivity contribution is -0.187. The molecule has 3 aromatic carbocycles. The average molecular weight is 504 g/mol. The van der Waals surface area contributed by atoms with Gasteiger partial charge in [-0.15, -0.1) is 0 Å². The summed E-state index contributed by atoms with van der Waals surface area (Å²) in [6, 6.07) is 24.6. The van der Waals surface area contributed by atoms with E-state index in [1.165, 1.54) is 0 Å². The van der Waals surface area contributed by atoms with Gasteiger partial charge in [0.05, 0.1) is 16.7 Å². The van der Waals surface area contributed by atoms with Crippen LogP contribution in [-0.2, 0) is 28.5 Å². The highest BCUT2D eigenvalue weighted by Gasteiger charge is 2.52. The Balaban J connectivity index is 1.58. The quantitative estimate of drug-likeness (QED) is 0.335. The summed E-state index contributed by atoms with van der Waals surface area (Å²) in [4.78, 5) is 50.0. The Morgan fingerprint density at radius 2 is 1.05 bits per heavy atom. The molecule has 3 aromatic rings. The number of hydrogen-bond donors (Lipinski definition) is 0. The Hall–Kier alpha value is -4.50. The summed E-state index contributed by atoms with van der Waals surface area (Å²) >= 11 is 0. The lowest BCUT2D eigenvalue weighted by atomic mass is 10.1. The first kappa shape index (κ1) is 25.6. The van der Waals surface area contributed by atoms with Crippen molar-refractivity contribution in [3.63, 3.8) is 0 Å². The number of rotatable bonds is 8. The van der Waals surface area contributed by atoms with E-state index in [2.05, 4.69) is 0 Å². The number of carbonyl (C=O) groups is 4. The van der Waals surface area contributed by atoms with Crippen LogP contribution < -0.4 is 0 Å². The molecule has 4 atom stereocenters. The highest BCUT2D eigenvalue weighted by molar-refractivity contribution is 5.91. The molecule has 1 aliphatic heterocycles. The third kappa shape index (κ3) is 6.59. The second kappa shape index (κ2) is 12.0. The first-order valence-corrected chi connectivity index (χ1v) is 11.5. The molecular weight excluding hydrogens is 480 g/mol. The Bertz CT molecular complexity index is 1230. The highest BCUT2D eigenvalue weighted by Crippen LogP contribution is 2.30. The van der Waals surface area contributed by atoms with E-state index in [4.69, 9.17) is 23.7 Å². The van der Waals surface area contributed by atoms with Gasteiger partial charge in [0.25, 0.3) is 0 Å². The number of hydrogen-bond acceptors (Lipinski definition) is 9. The van der Waals surface area contributed by atoms with Gasteiger partial charge < -0.3 is 23.7 Å². The van der Waals surface area contributed by atoms with Gasteiger partial charge in [-0.1, -0.05) is 54.6 Å². The molecule has 0 amide bonds. The second-order valence-corrected chi connectivity index (χ2v) is 8.09. The molecule has 9 heteroatoms. The molecule has 0 spiro atoms. The van der Waals surface area contributed by atoms with Gasteiger partial charge in [-0.05, 0) is 36.4 Å². The largest absolute Gasteiger partial charge is 0.459 e. The van der Waals surface area contributed by atoms with Crippen molar-refractivity contribution in [2.24, 2.45) is 0 Å². The van der Waals surface area contributed by atoms with Crippen molar-refractivity contribution in [3.8, 4) is 0 Å². The summed E-state index contributed by atoms with van der Waals surface area (Å²) < 4.78 is 27.7. The zero-order chi connectivity index (χ0) is 26.2. The van der Waals surface area contributed by atoms with Gasteiger partial charge in [-0.2, -0.15) is 0 Å². The number of carbonyl (C=O) groups excluding carboxylic acids is 4. The van der Waals surface area contributed by atoms with Crippen molar-refractivity contribution in [2.45, 2.75) is 31.5 Å². The predicted molar refractivity (Wildman–Crippen MR) is 128 cm³/mol. The first-order valence-electron chi connectivity index (χ1n) is 11.5. The van der Waals surface area contributed by atoms with Gasteiger partial charge in [0.15, 0.2) is 6.10 Å². The topological polar surface area (TPSA) is 114 Å². The summed E-state index contributed by atoms with van der Waals surface area (Å²) in [5.41, 5.74) is 0.782. The Morgan fingerprint density at radius 1 is 0.622 bits per heavy atom. The van der Waals surface area contributed by atoms with Crippen molar-refractivity contribution in [2.75, 3.05) is 6.61 Å². The van der Waals surface area contributed by atoms with Crippen LogP contribution in [0.25, 0.3) is 0 Å². The Morgan fingerprint density at radius 3 is 1.51 bits per heavy atom. The zero-order valence-electron chi connectivity index (χ0n) is 19.9. The van der Waals surface area contributed by atoms with Gasteiger partial charge in [0.1, 0.15) is 12.7 Å². The standard InChI is InChI=1S/C28H24O9/c1-18(29)34-28-24(37-27(32)21-15-9-4-10-16-21)23(36-26(31)20-13-7-3-8-14-20)22(35-28)17-33-25(30)19-11-5-2-6-12-19/h2-16,22-24,28H,17H2,1H3. The fraction of sp³-hybridized carbons (Fsp3) is 0.214. The molecule has 0 aliphatic carbocycles. The molecule has 9 nitrogen and oxygen atoms in total. The monoisotopic (exact) mass is 504 g/mol. The summed E-state index contributed by atoms with van der Waals surface area (Å²) in [7, 11) is 0. The molecule has 0 saturated carbocycles. The first-order chi connectivity index (χ1) is 17.9. The van der Waals surface area contributed by atoms with E-state index in [1.807, 2.05) is 0 Å². The summed E-state index contributed by atoms with van der Waals surface area (Å²) in [6.07, 6.45) is -5.09. The summed E-state index contributed by atoms with van der Waals surface area (Å²) in [5.74, 6) is -2.81. The van der Waals surface area contributed by atoms with Gasteiger partial charge in [0.2, 0.25) is 12.4 Å². The molecule has 4 unspecified atom stereocenters. The molecule has 190 valence electrons. The van der Waals surface area contributed by atoms with E-state index in [0.717, 1.165) is 6.92 Å². The normalized spacial score (nSPS) is 20.5. The van der Waals surface area contributed by atoms with Crippen LogP contribution >= 0.6 is 0 Å². The fourth-order valence-electron chi connectivity index (χ4n) is 3.70. The van der Waals surface area contributed by atoms with Gasteiger partial charge in [0, 0.05) is 6.92 Å². The van der Waals surface area contributed by atoms with Crippen LogP contribution in [0.2, 0.25) is 0 Å². The van der Waals surface area contributed by atoms with E-state index in [0.29, 0.717) is 5.56 Å². The average Bonchev–Trinajstić information content (AvgIpc) is 3.23. The maximum absolute atomic E-state index is 12.9. The van der Waals surface area contributed by atoms with Gasteiger partial charge >= 0.3 is 23.9 Å². The zero-order valence-corrected chi connectivity index (χ0v) is 19.9. The van der Waals surface area contributed by atoms with Crippen molar-refractivity contribution < 1.29 is 42.9 Å². The lowest BCUT2D eigenvalue weighted by Crippen LogP contribution is -2.42. The maximum Gasteiger partial charge on any atom is 0.338 e. The van der Waals surface area contributed by atoms with E-state index in [9.17, 15) is 19.2 Å². The van der Waals surface area contributed by atoms with Crippen molar-refractivity contribution >= 4 is 23.9 Å². The molecule has 1 fully saturated rings. The molecule has 37 heavy (non-hydrogen) atoms. The van der Waals surface area contributed by atoms with Crippen LogP contribution in [0, 0.1) is 0 Å². The third-order valence-electron chi connectivity index (χ3n) is 5.44. The van der Waals surface area contributed by atoms with E-state index in [-0.39, 0.29) is 17.7 Å². The molecular formula is C28H24O9. The molecule has 0 bridgehead atoms. The van der Waals surface area contributed by atoms with Crippen LogP contribution in [-0.4, -0.2) is 55.1 Å². The van der Waals surface area contributed by atoms with Crippen molar-refractivity contribution in [1.29, 1.82) is 0 Å². The maximum atomic E-state index is 12.9. The summed E-state index contributed by atoms with van der Waals surface area (Å²) in [5, 5.41) is 0. The molecule has 0 aromatic heterocycles. The molecule has 4 rings (SSSR count). The van der Waals surface area contributed by atoms with E-state index in [1.54, 1.807) is 91.0 Å². The van der Waals surface area contributed by atoms with Gasteiger partial charge in [-0.3, -0.25) is 4.79 Å². The number of benzene rings is 3. The smallest absolute Gasteiger partial charge is 0.338 e. The lowest BCUT2D eigenvalue weighted by Gasteiger charge is -2.24. The predicted octanol–water partition coefficient (Wildman–Crippen LogP) is 3.58. The minimum atomic E-state index is -1.40. The second-order valence-electron chi connectivity index (χ2n) is 8.09. The highest BCUT2D eigenvalue weighted by atomic mass is 16.8. The van der Waals surface area contributed by atoms with E-state index < -0.39 is 48.5 Å². The van der Waals surface area contributed by atoms with Crippen LogP contribution in [0.15, 0.2) is 91.0 Å². The SMILES string of the molecule is CC(=O)OC1OC(COC(=O)c2ccccc2)C(OC(=O)c2ccccc2)C1OC(=O)c1ccccc1. The Labute approximate surface area is 212 Å². The van der Waals surface area contributed by atoms with Gasteiger partial charge in [-0.25, -0.2) is 14.4 Å². The molecule has 1 aliphatic rings. The molecule has 1 saturated heterocycles. The Kier molecular flexibility index (Phi) is 8.27.